The van der Waals surface area contributed by atoms with Crippen molar-refractivity contribution >= 4 is 27.4 Å². The fraction of sp³-hybridized carbons (Fsp3) is 0.370. The number of thiophene rings is 1. The highest BCUT2D eigenvalue weighted by molar-refractivity contribution is 7.17. The van der Waals surface area contributed by atoms with Crippen LogP contribution in [-0.2, 0) is 0 Å². The molecule has 5 heterocycles. The van der Waals surface area contributed by atoms with Crippen LogP contribution < -0.4 is 4.90 Å². The molecule has 0 saturated carbocycles. The summed E-state index contributed by atoms with van der Waals surface area (Å²) in [7, 11) is 0. The van der Waals surface area contributed by atoms with Gasteiger partial charge in [-0.1, -0.05) is 36.4 Å². The molecule has 2 fully saturated rings. The number of anilines is 1. The SMILES string of the molecule is c1ccc(-c2csc3nc(-c4ccccn4)nc(N4CCN(CCN5CCCC5)CC4)c23)cc1. The van der Waals surface area contributed by atoms with Crippen LogP contribution in [0.25, 0.3) is 32.9 Å². The predicted octanol–water partition coefficient (Wildman–Crippen LogP) is 4.64. The summed E-state index contributed by atoms with van der Waals surface area (Å²) in [6.07, 6.45) is 4.53. The second-order valence-corrected chi connectivity index (χ2v) is 10.0. The topological polar surface area (TPSA) is 48.4 Å². The van der Waals surface area contributed by atoms with Crippen LogP contribution >= 0.6 is 11.3 Å². The number of nitrogens with zero attached hydrogens (tertiary/aromatic N) is 6. The molecule has 6 rings (SSSR count). The average molecular weight is 471 g/mol. The first-order valence-electron chi connectivity index (χ1n) is 12.3. The van der Waals surface area contributed by atoms with Crippen molar-refractivity contribution in [1.82, 2.24) is 24.8 Å². The predicted molar refractivity (Wildman–Crippen MR) is 140 cm³/mol. The smallest absolute Gasteiger partial charge is 0.181 e. The normalized spacial score (nSPS) is 17.6. The molecule has 0 aliphatic carbocycles. The third-order valence-electron chi connectivity index (χ3n) is 7.00. The maximum Gasteiger partial charge on any atom is 0.181 e. The lowest BCUT2D eigenvalue weighted by atomic mass is 10.1. The lowest BCUT2D eigenvalue weighted by molar-refractivity contribution is 0.215. The van der Waals surface area contributed by atoms with Gasteiger partial charge in [-0.05, 0) is 43.6 Å². The van der Waals surface area contributed by atoms with Gasteiger partial charge in [0.25, 0.3) is 0 Å². The van der Waals surface area contributed by atoms with E-state index in [0.717, 1.165) is 42.5 Å². The molecule has 0 radical (unpaired) electrons. The molecule has 0 unspecified atom stereocenters. The minimum Gasteiger partial charge on any atom is -0.353 e. The molecule has 4 aromatic rings. The van der Waals surface area contributed by atoms with Crippen molar-refractivity contribution in [3.05, 3.63) is 60.1 Å². The Hall–Kier alpha value is -2.87. The second kappa shape index (κ2) is 9.78. The van der Waals surface area contributed by atoms with Gasteiger partial charge in [-0.25, -0.2) is 9.97 Å². The quantitative estimate of drug-likeness (QED) is 0.409. The van der Waals surface area contributed by atoms with Gasteiger partial charge in [0.05, 0.1) is 5.39 Å². The molecule has 6 nitrogen and oxygen atoms in total. The van der Waals surface area contributed by atoms with Crippen molar-refractivity contribution in [2.24, 2.45) is 0 Å². The first-order chi connectivity index (χ1) is 16.8. The van der Waals surface area contributed by atoms with Gasteiger partial charge < -0.3 is 9.80 Å². The van der Waals surface area contributed by atoms with Crippen molar-refractivity contribution in [2.75, 3.05) is 57.3 Å². The maximum absolute atomic E-state index is 5.12. The third-order valence-corrected chi connectivity index (χ3v) is 7.87. The Bertz CT molecular complexity index is 1230. The summed E-state index contributed by atoms with van der Waals surface area (Å²) in [6, 6.07) is 16.5. The van der Waals surface area contributed by atoms with Crippen LogP contribution in [0.3, 0.4) is 0 Å². The molecule has 174 valence electrons. The summed E-state index contributed by atoms with van der Waals surface area (Å²) < 4.78 is 0. The minimum absolute atomic E-state index is 0.709. The molecule has 34 heavy (non-hydrogen) atoms. The zero-order valence-corrected chi connectivity index (χ0v) is 20.3. The van der Waals surface area contributed by atoms with E-state index >= 15 is 0 Å². The van der Waals surface area contributed by atoms with Gasteiger partial charge in [0.2, 0.25) is 0 Å². The molecular formula is C27H30N6S. The van der Waals surface area contributed by atoms with Crippen molar-refractivity contribution in [2.45, 2.75) is 12.8 Å². The molecule has 2 saturated heterocycles. The molecule has 0 bridgehead atoms. The van der Waals surface area contributed by atoms with Gasteiger partial charge in [0.15, 0.2) is 5.82 Å². The molecule has 0 amide bonds. The van der Waals surface area contributed by atoms with Crippen molar-refractivity contribution in [3.8, 4) is 22.6 Å². The van der Waals surface area contributed by atoms with Crippen molar-refractivity contribution in [3.63, 3.8) is 0 Å². The van der Waals surface area contributed by atoms with E-state index < -0.39 is 0 Å². The Morgan fingerprint density at radius 1 is 0.765 bits per heavy atom. The van der Waals surface area contributed by atoms with Crippen LogP contribution in [-0.4, -0.2) is 77.1 Å². The molecule has 2 aliphatic heterocycles. The summed E-state index contributed by atoms with van der Waals surface area (Å²) in [5.41, 5.74) is 3.26. The summed E-state index contributed by atoms with van der Waals surface area (Å²) >= 11 is 1.70. The maximum atomic E-state index is 5.12. The first kappa shape index (κ1) is 21.6. The van der Waals surface area contributed by atoms with Crippen LogP contribution in [0.15, 0.2) is 60.1 Å². The molecule has 0 spiro atoms. The Balaban J connectivity index is 1.31. The second-order valence-electron chi connectivity index (χ2n) is 9.16. The number of aromatic nitrogens is 3. The Labute approximate surface area is 204 Å². The monoisotopic (exact) mass is 470 g/mol. The van der Waals surface area contributed by atoms with Gasteiger partial charge in [0.1, 0.15) is 16.3 Å². The molecule has 7 heteroatoms. The highest BCUT2D eigenvalue weighted by atomic mass is 32.1. The van der Waals surface area contributed by atoms with E-state index in [9.17, 15) is 0 Å². The van der Waals surface area contributed by atoms with Crippen LogP contribution in [0.5, 0.6) is 0 Å². The fourth-order valence-electron chi connectivity index (χ4n) is 5.06. The van der Waals surface area contributed by atoms with E-state index in [1.807, 2.05) is 24.4 Å². The number of rotatable bonds is 6. The number of piperazine rings is 1. The van der Waals surface area contributed by atoms with E-state index in [4.69, 9.17) is 9.97 Å². The molecular weight excluding hydrogens is 440 g/mol. The molecule has 1 aromatic carbocycles. The van der Waals surface area contributed by atoms with E-state index in [0.29, 0.717) is 5.82 Å². The van der Waals surface area contributed by atoms with E-state index in [1.165, 1.54) is 55.5 Å². The molecule has 3 aromatic heterocycles. The lowest BCUT2D eigenvalue weighted by Crippen LogP contribution is -2.48. The van der Waals surface area contributed by atoms with E-state index in [-0.39, 0.29) is 0 Å². The standard InChI is InChI=1S/C27H30N6S/c1-2-8-21(9-3-1)22-20-34-27-24(22)26(29-25(30-27)23-10-4-5-11-28-23)33-18-16-32(17-19-33)15-14-31-12-6-7-13-31/h1-5,8-11,20H,6-7,12-19H2. The Morgan fingerprint density at radius 2 is 1.50 bits per heavy atom. The van der Waals surface area contributed by atoms with E-state index in [2.05, 4.69) is 55.4 Å². The lowest BCUT2D eigenvalue weighted by Gasteiger charge is -2.36. The fourth-order valence-corrected chi connectivity index (χ4v) is 6.01. The van der Waals surface area contributed by atoms with Gasteiger partial charge >= 0.3 is 0 Å². The summed E-state index contributed by atoms with van der Waals surface area (Å²) in [6.45, 7) is 9.03. The number of fused-ring (bicyclic) bond motifs is 1. The number of pyridine rings is 1. The van der Waals surface area contributed by atoms with Gasteiger partial charge in [0, 0.05) is 56.4 Å². The molecule has 0 atom stereocenters. The number of likely N-dealkylation sites (tertiary alicyclic amines) is 1. The Morgan fingerprint density at radius 3 is 2.24 bits per heavy atom. The van der Waals surface area contributed by atoms with Gasteiger partial charge in [-0.15, -0.1) is 11.3 Å². The molecule has 2 aliphatic rings. The summed E-state index contributed by atoms with van der Waals surface area (Å²) in [5.74, 6) is 1.76. The number of hydrogen-bond donors (Lipinski definition) is 0. The number of benzene rings is 1. The zero-order valence-electron chi connectivity index (χ0n) is 19.4. The van der Waals surface area contributed by atoms with Crippen molar-refractivity contribution < 1.29 is 0 Å². The first-order valence-corrected chi connectivity index (χ1v) is 13.2. The third kappa shape index (κ3) is 4.43. The van der Waals surface area contributed by atoms with Crippen LogP contribution in [0, 0.1) is 0 Å². The molecule has 0 N–H and O–H groups in total. The van der Waals surface area contributed by atoms with Gasteiger partial charge in [-0.3, -0.25) is 9.88 Å². The van der Waals surface area contributed by atoms with Crippen LogP contribution in [0.4, 0.5) is 5.82 Å². The number of hydrogen-bond acceptors (Lipinski definition) is 7. The van der Waals surface area contributed by atoms with E-state index in [1.54, 1.807) is 11.3 Å². The summed E-state index contributed by atoms with van der Waals surface area (Å²) in [5, 5.41) is 3.40. The zero-order chi connectivity index (χ0) is 22.7. The largest absolute Gasteiger partial charge is 0.353 e. The van der Waals surface area contributed by atoms with Crippen molar-refractivity contribution in [1.29, 1.82) is 0 Å². The highest BCUT2D eigenvalue weighted by Gasteiger charge is 2.24. The highest BCUT2D eigenvalue weighted by Crippen LogP contribution is 2.39. The Kier molecular flexibility index (Phi) is 6.23. The van der Waals surface area contributed by atoms with Crippen LogP contribution in [0.1, 0.15) is 12.8 Å². The van der Waals surface area contributed by atoms with Gasteiger partial charge in [-0.2, -0.15) is 0 Å². The average Bonchev–Trinajstić information content (AvgIpc) is 3.58. The minimum atomic E-state index is 0.709. The van der Waals surface area contributed by atoms with Crippen LogP contribution in [0.2, 0.25) is 0 Å². The summed E-state index contributed by atoms with van der Waals surface area (Å²) in [4.78, 5) is 23.3.